The predicted molar refractivity (Wildman–Crippen MR) is 75.6 cm³/mol. The number of hydrogen-bond acceptors (Lipinski definition) is 4. The van der Waals surface area contributed by atoms with Gasteiger partial charge in [-0.05, 0) is 26.0 Å². The van der Waals surface area contributed by atoms with Gasteiger partial charge < -0.3 is 0 Å². The highest BCUT2D eigenvalue weighted by Gasteiger charge is 2.28. The summed E-state index contributed by atoms with van der Waals surface area (Å²) in [6.07, 6.45) is 1.66. The summed E-state index contributed by atoms with van der Waals surface area (Å²) in [4.78, 5) is 4.44. The lowest BCUT2D eigenvalue weighted by Gasteiger charge is -2.20. The molecule has 1 N–H and O–H groups in total. The summed E-state index contributed by atoms with van der Waals surface area (Å²) in [5.41, 5.74) is 1.76. The van der Waals surface area contributed by atoms with Gasteiger partial charge in [-0.1, -0.05) is 13.0 Å². The maximum atomic E-state index is 12.7. The topological polar surface area (TPSA) is 79.0 Å². The molecule has 2 aromatic heterocycles. The molecule has 7 heteroatoms. The van der Waals surface area contributed by atoms with Gasteiger partial charge in [0.15, 0.2) is 0 Å². The first kappa shape index (κ1) is 14.7. The maximum absolute atomic E-state index is 12.7. The highest BCUT2D eigenvalue weighted by atomic mass is 32.2. The number of aromatic nitrogens is 3. The van der Waals surface area contributed by atoms with Crippen LogP contribution in [-0.2, 0) is 16.6 Å². The van der Waals surface area contributed by atoms with Gasteiger partial charge in [-0.15, -0.1) is 0 Å². The molecule has 0 atom stereocenters. The molecule has 0 aliphatic rings. The number of nitrogens with one attached hydrogen (secondary N) is 1. The van der Waals surface area contributed by atoms with Crippen molar-refractivity contribution >= 4 is 10.0 Å². The quantitative estimate of drug-likeness (QED) is 0.909. The average molecular weight is 294 g/mol. The van der Waals surface area contributed by atoms with Crippen molar-refractivity contribution in [2.75, 3.05) is 6.54 Å². The van der Waals surface area contributed by atoms with Crippen molar-refractivity contribution in [2.24, 2.45) is 0 Å². The summed E-state index contributed by atoms with van der Waals surface area (Å²) in [7, 11) is -3.57. The zero-order valence-electron chi connectivity index (χ0n) is 11.8. The summed E-state index contributed by atoms with van der Waals surface area (Å²) in [6.45, 7) is 5.84. The summed E-state index contributed by atoms with van der Waals surface area (Å²) in [6, 6.07) is 5.46. The zero-order chi connectivity index (χ0) is 14.8. The lowest BCUT2D eigenvalue weighted by molar-refractivity contribution is 0.418. The van der Waals surface area contributed by atoms with Crippen LogP contribution in [0.15, 0.2) is 29.3 Å². The number of aromatic amines is 1. The first-order valence-corrected chi connectivity index (χ1v) is 7.82. The lowest BCUT2D eigenvalue weighted by Crippen LogP contribution is -2.31. The minimum absolute atomic E-state index is 0.254. The number of rotatable bonds is 5. The van der Waals surface area contributed by atoms with E-state index in [-0.39, 0.29) is 11.4 Å². The van der Waals surface area contributed by atoms with E-state index in [0.29, 0.717) is 17.9 Å². The molecule has 2 aromatic rings. The molecule has 6 nitrogen and oxygen atoms in total. The largest absolute Gasteiger partial charge is 0.281 e. The van der Waals surface area contributed by atoms with E-state index < -0.39 is 10.0 Å². The van der Waals surface area contributed by atoms with Crippen molar-refractivity contribution in [3.63, 3.8) is 0 Å². The van der Waals surface area contributed by atoms with Crippen LogP contribution in [0.2, 0.25) is 0 Å². The van der Waals surface area contributed by atoms with Gasteiger partial charge in [-0.2, -0.15) is 9.40 Å². The van der Waals surface area contributed by atoms with Crippen LogP contribution >= 0.6 is 0 Å². The van der Waals surface area contributed by atoms with Crippen LogP contribution in [0.3, 0.4) is 0 Å². The Kier molecular flexibility index (Phi) is 4.20. The second kappa shape index (κ2) is 5.72. The van der Waals surface area contributed by atoms with E-state index in [2.05, 4.69) is 15.2 Å². The molecule has 0 aromatic carbocycles. The molecular weight excluding hydrogens is 276 g/mol. The third-order valence-electron chi connectivity index (χ3n) is 3.08. The second-order valence-electron chi connectivity index (χ2n) is 4.52. The van der Waals surface area contributed by atoms with E-state index in [1.54, 1.807) is 26.1 Å². The molecule has 0 spiro atoms. The van der Waals surface area contributed by atoms with Crippen molar-refractivity contribution in [3.8, 4) is 0 Å². The molecule has 0 aliphatic carbocycles. The fourth-order valence-corrected chi connectivity index (χ4v) is 3.84. The monoisotopic (exact) mass is 294 g/mol. The van der Waals surface area contributed by atoms with E-state index in [4.69, 9.17) is 0 Å². The Morgan fingerprint density at radius 3 is 2.55 bits per heavy atom. The first-order valence-electron chi connectivity index (χ1n) is 6.38. The van der Waals surface area contributed by atoms with Crippen LogP contribution in [0.4, 0.5) is 0 Å². The fraction of sp³-hybridized carbons (Fsp3) is 0.385. The molecule has 0 saturated heterocycles. The van der Waals surface area contributed by atoms with Crippen molar-refractivity contribution < 1.29 is 8.42 Å². The molecule has 0 fully saturated rings. The average Bonchev–Trinajstić information content (AvgIpc) is 2.77. The van der Waals surface area contributed by atoms with Crippen LogP contribution in [0.5, 0.6) is 0 Å². The van der Waals surface area contributed by atoms with E-state index in [1.165, 1.54) is 4.31 Å². The molecule has 0 unspecified atom stereocenters. The summed E-state index contributed by atoms with van der Waals surface area (Å²) < 4.78 is 26.8. The van der Waals surface area contributed by atoms with Crippen LogP contribution < -0.4 is 0 Å². The molecule has 0 radical (unpaired) electrons. The molecule has 2 heterocycles. The normalized spacial score (nSPS) is 12.0. The van der Waals surface area contributed by atoms with Gasteiger partial charge in [-0.25, -0.2) is 8.42 Å². The number of H-pyrrole nitrogens is 1. The van der Waals surface area contributed by atoms with Gasteiger partial charge in [-0.3, -0.25) is 10.1 Å². The lowest BCUT2D eigenvalue weighted by atomic mass is 10.3. The molecule has 0 saturated carbocycles. The molecule has 2 rings (SSSR count). The highest BCUT2D eigenvalue weighted by Crippen LogP contribution is 2.22. The highest BCUT2D eigenvalue weighted by molar-refractivity contribution is 7.89. The number of sulfonamides is 1. The molecule has 0 amide bonds. The number of aryl methyl sites for hydroxylation is 2. The number of nitrogens with zero attached hydrogens (tertiary/aromatic N) is 3. The van der Waals surface area contributed by atoms with E-state index in [0.717, 1.165) is 5.69 Å². The third kappa shape index (κ3) is 2.73. The van der Waals surface area contributed by atoms with Crippen LogP contribution in [-0.4, -0.2) is 34.4 Å². The molecule has 0 bridgehead atoms. The van der Waals surface area contributed by atoms with E-state index in [1.807, 2.05) is 19.1 Å². The predicted octanol–water partition coefficient (Wildman–Crippen LogP) is 1.63. The Morgan fingerprint density at radius 2 is 2.05 bits per heavy atom. The van der Waals surface area contributed by atoms with Gasteiger partial charge in [0.05, 0.1) is 23.6 Å². The first-order chi connectivity index (χ1) is 9.46. The summed E-state index contributed by atoms with van der Waals surface area (Å²) >= 11 is 0. The molecular formula is C13H18N4O2S. The minimum atomic E-state index is -3.57. The van der Waals surface area contributed by atoms with Gasteiger partial charge >= 0.3 is 0 Å². The van der Waals surface area contributed by atoms with E-state index in [9.17, 15) is 8.42 Å². The Balaban J connectivity index is 2.36. The Hall–Kier alpha value is -1.73. The van der Waals surface area contributed by atoms with Gasteiger partial charge in [0.1, 0.15) is 4.90 Å². The molecule has 20 heavy (non-hydrogen) atoms. The second-order valence-corrected chi connectivity index (χ2v) is 6.39. The Morgan fingerprint density at radius 1 is 1.30 bits per heavy atom. The molecule has 108 valence electrons. The Bertz CT molecular complexity index is 660. The SMILES string of the molecule is CCN(Cc1ccccn1)S(=O)(=O)c1c(C)n[nH]c1C. The van der Waals surface area contributed by atoms with Crippen LogP contribution in [0, 0.1) is 13.8 Å². The van der Waals surface area contributed by atoms with Crippen molar-refractivity contribution in [1.82, 2.24) is 19.5 Å². The van der Waals surface area contributed by atoms with Crippen molar-refractivity contribution in [2.45, 2.75) is 32.2 Å². The minimum Gasteiger partial charge on any atom is -0.281 e. The van der Waals surface area contributed by atoms with Crippen LogP contribution in [0.1, 0.15) is 24.0 Å². The zero-order valence-corrected chi connectivity index (χ0v) is 12.6. The number of pyridine rings is 1. The maximum Gasteiger partial charge on any atom is 0.247 e. The van der Waals surface area contributed by atoms with Gasteiger partial charge in [0, 0.05) is 12.7 Å². The number of hydrogen-bond donors (Lipinski definition) is 1. The van der Waals surface area contributed by atoms with E-state index >= 15 is 0 Å². The Labute approximate surface area is 118 Å². The third-order valence-corrected chi connectivity index (χ3v) is 5.26. The van der Waals surface area contributed by atoms with Crippen LogP contribution in [0.25, 0.3) is 0 Å². The fourth-order valence-electron chi connectivity index (χ4n) is 2.09. The smallest absolute Gasteiger partial charge is 0.247 e. The molecule has 0 aliphatic heterocycles. The summed E-state index contributed by atoms with van der Waals surface area (Å²) in [5.74, 6) is 0. The van der Waals surface area contributed by atoms with Gasteiger partial charge in [0.25, 0.3) is 0 Å². The van der Waals surface area contributed by atoms with Crippen molar-refractivity contribution in [3.05, 3.63) is 41.5 Å². The van der Waals surface area contributed by atoms with Crippen molar-refractivity contribution in [1.29, 1.82) is 0 Å². The standard InChI is InChI=1S/C13H18N4O2S/c1-4-17(9-12-7-5-6-8-14-12)20(18,19)13-10(2)15-16-11(13)3/h5-8H,4,9H2,1-3H3,(H,15,16). The van der Waals surface area contributed by atoms with Gasteiger partial charge in [0.2, 0.25) is 10.0 Å². The summed E-state index contributed by atoms with van der Waals surface area (Å²) in [5, 5.41) is 6.67.